The molecule has 20 heavy (non-hydrogen) atoms. The molecule has 1 N–H and O–H groups in total. The highest BCUT2D eigenvalue weighted by molar-refractivity contribution is 7.22. The monoisotopic (exact) mass is 302 g/mol. The van der Waals surface area contributed by atoms with E-state index in [1.807, 2.05) is 4.90 Å². The molecule has 0 amide bonds. The van der Waals surface area contributed by atoms with Crippen molar-refractivity contribution in [3.05, 3.63) is 23.8 Å². The molecule has 0 radical (unpaired) electrons. The first-order valence-electron chi connectivity index (χ1n) is 6.34. The fourth-order valence-corrected chi connectivity index (χ4v) is 3.19. The minimum Gasteiger partial charge on any atom is -0.395 e. The Kier molecular flexibility index (Phi) is 3.33. The third-order valence-electron chi connectivity index (χ3n) is 3.28. The maximum atomic E-state index is 12.7. The summed E-state index contributed by atoms with van der Waals surface area (Å²) in [6, 6.07) is 3.99. The van der Waals surface area contributed by atoms with E-state index in [2.05, 4.69) is 4.98 Å². The summed E-state index contributed by atoms with van der Waals surface area (Å²) in [4.78, 5) is 6.28. The Morgan fingerprint density at radius 2 is 2.10 bits per heavy atom. The summed E-state index contributed by atoms with van der Waals surface area (Å²) in [5, 5.41) is 9.78. The van der Waals surface area contributed by atoms with Crippen LogP contribution in [0.1, 0.15) is 18.4 Å². The number of aliphatic hydroxyl groups excluding tert-OH is 1. The van der Waals surface area contributed by atoms with Gasteiger partial charge in [-0.1, -0.05) is 11.3 Å². The standard InChI is InChI=1S/C13H13F3N2OS/c14-13(15,16)8-1-4-11-10(7-8)17-12(20-11)18(5-6-19)9-2-3-9/h1,4,7,9,19H,2-3,5-6H2. The van der Waals surface area contributed by atoms with E-state index in [1.54, 1.807) is 0 Å². The van der Waals surface area contributed by atoms with Gasteiger partial charge in [0.25, 0.3) is 0 Å². The third-order valence-corrected chi connectivity index (χ3v) is 4.35. The molecule has 1 saturated carbocycles. The smallest absolute Gasteiger partial charge is 0.395 e. The Bertz CT molecular complexity index is 622. The van der Waals surface area contributed by atoms with Crippen LogP contribution in [0.5, 0.6) is 0 Å². The zero-order valence-electron chi connectivity index (χ0n) is 10.5. The number of hydrogen-bond donors (Lipinski definition) is 1. The number of aromatic nitrogens is 1. The van der Waals surface area contributed by atoms with Crippen LogP contribution in [0.3, 0.4) is 0 Å². The molecular formula is C13H13F3N2OS. The molecule has 3 rings (SSSR count). The van der Waals surface area contributed by atoms with Crippen molar-refractivity contribution in [3.63, 3.8) is 0 Å². The predicted octanol–water partition coefficient (Wildman–Crippen LogP) is 3.28. The molecule has 1 aromatic carbocycles. The van der Waals surface area contributed by atoms with E-state index >= 15 is 0 Å². The van der Waals surface area contributed by atoms with Crippen LogP contribution < -0.4 is 4.90 Å². The van der Waals surface area contributed by atoms with Gasteiger partial charge in [0.2, 0.25) is 0 Å². The van der Waals surface area contributed by atoms with Crippen molar-refractivity contribution >= 4 is 26.7 Å². The number of thiazole rings is 1. The molecule has 1 aliphatic rings. The van der Waals surface area contributed by atoms with Crippen molar-refractivity contribution in [2.75, 3.05) is 18.1 Å². The number of nitrogens with zero attached hydrogens (tertiary/aromatic N) is 2. The molecule has 0 aliphatic heterocycles. The lowest BCUT2D eigenvalue weighted by molar-refractivity contribution is -0.137. The summed E-state index contributed by atoms with van der Waals surface area (Å²) < 4.78 is 38.7. The number of benzene rings is 1. The lowest BCUT2D eigenvalue weighted by Gasteiger charge is -2.19. The molecule has 0 unspecified atom stereocenters. The van der Waals surface area contributed by atoms with Gasteiger partial charge in [0, 0.05) is 12.6 Å². The van der Waals surface area contributed by atoms with E-state index in [9.17, 15) is 13.2 Å². The molecule has 0 saturated heterocycles. The maximum absolute atomic E-state index is 12.7. The van der Waals surface area contributed by atoms with Gasteiger partial charge in [0.15, 0.2) is 5.13 Å². The van der Waals surface area contributed by atoms with Gasteiger partial charge in [-0.15, -0.1) is 0 Å². The maximum Gasteiger partial charge on any atom is 0.416 e. The first kappa shape index (κ1) is 13.6. The average molecular weight is 302 g/mol. The summed E-state index contributed by atoms with van der Waals surface area (Å²) in [6.07, 6.45) is -2.26. The first-order chi connectivity index (χ1) is 9.49. The van der Waals surface area contributed by atoms with E-state index in [0.717, 1.165) is 29.7 Å². The predicted molar refractivity (Wildman–Crippen MR) is 72.1 cm³/mol. The van der Waals surface area contributed by atoms with Crippen molar-refractivity contribution < 1.29 is 18.3 Å². The topological polar surface area (TPSA) is 36.4 Å². The number of halogens is 3. The zero-order chi connectivity index (χ0) is 14.3. The van der Waals surface area contributed by atoms with Gasteiger partial charge in [-0.05, 0) is 31.0 Å². The molecule has 7 heteroatoms. The molecule has 1 heterocycles. The highest BCUT2D eigenvalue weighted by Crippen LogP contribution is 2.38. The van der Waals surface area contributed by atoms with Crippen molar-refractivity contribution in [1.82, 2.24) is 4.98 Å². The van der Waals surface area contributed by atoms with Crippen molar-refractivity contribution in [1.29, 1.82) is 0 Å². The lowest BCUT2D eigenvalue weighted by Crippen LogP contribution is -2.28. The fraction of sp³-hybridized carbons (Fsp3) is 0.462. The second-order valence-electron chi connectivity index (χ2n) is 4.82. The second kappa shape index (κ2) is 4.89. The van der Waals surface area contributed by atoms with Crippen LogP contribution in [0.25, 0.3) is 10.2 Å². The number of aliphatic hydroxyl groups is 1. The van der Waals surface area contributed by atoms with Crippen molar-refractivity contribution in [3.8, 4) is 0 Å². The molecule has 3 nitrogen and oxygen atoms in total. The van der Waals surface area contributed by atoms with Crippen LogP contribution in [0.2, 0.25) is 0 Å². The van der Waals surface area contributed by atoms with Gasteiger partial charge >= 0.3 is 6.18 Å². The van der Waals surface area contributed by atoms with Gasteiger partial charge in [0.05, 0.1) is 22.4 Å². The van der Waals surface area contributed by atoms with Gasteiger partial charge < -0.3 is 10.0 Å². The normalized spacial score (nSPS) is 15.8. The highest BCUT2D eigenvalue weighted by atomic mass is 32.1. The van der Waals surface area contributed by atoms with Gasteiger partial charge in [-0.3, -0.25) is 0 Å². The minimum atomic E-state index is -4.35. The van der Waals surface area contributed by atoms with Gasteiger partial charge in [-0.2, -0.15) is 13.2 Å². The van der Waals surface area contributed by atoms with E-state index in [1.165, 1.54) is 17.4 Å². The Labute approximate surface area is 117 Å². The molecule has 0 bridgehead atoms. The first-order valence-corrected chi connectivity index (χ1v) is 7.16. The summed E-state index contributed by atoms with van der Waals surface area (Å²) in [7, 11) is 0. The van der Waals surface area contributed by atoms with Crippen LogP contribution >= 0.6 is 11.3 Å². The summed E-state index contributed by atoms with van der Waals surface area (Å²) in [6.45, 7) is 0.483. The van der Waals surface area contributed by atoms with Gasteiger partial charge in [0.1, 0.15) is 0 Å². The number of hydrogen-bond acceptors (Lipinski definition) is 4. The quantitative estimate of drug-likeness (QED) is 0.941. The van der Waals surface area contributed by atoms with E-state index in [0.29, 0.717) is 23.2 Å². The minimum absolute atomic E-state index is 0.0141. The second-order valence-corrected chi connectivity index (χ2v) is 5.83. The largest absolute Gasteiger partial charge is 0.416 e. The Balaban J connectivity index is 1.97. The van der Waals surface area contributed by atoms with Crippen LogP contribution in [-0.2, 0) is 6.18 Å². The third kappa shape index (κ3) is 2.60. The summed E-state index contributed by atoms with van der Waals surface area (Å²) in [5.41, 5.74) is -0.314. The summed E-state index contributed by atoms with van der Waals surface area (Å²) in [5.74, 6) is 0. The van der Waals surface area contributed by atoms with E-state index < -0.39 is 11.7 Å². The van der Waals surface area contributed by atoms with E-state index in [4.69, 9.17) is 5.11 Å². The van der Waals surface area contributed by atoms with Crippen LogP contribution in [0.4, 0.5) is 18.3 Å². The molecular weight excluding hydrogens is 289 g/mol. The molecule has 1 aliphatic carbocycles. The number of rotatable bonds is 4. The Hall–Kier alpha value is -1.34. The molecule has 1 fully saturated rings. The van der Waals surface area contributed by atoms with Gasteiger partial charge in [-0.25, -0.2) is 4.98 Å². The van der Waals surface area contributed by atoms with Crippen molar-refractivity contribution in [2.45, 2.75) is 25.1 Å². The Morgan fingerprint density at radius 1 is 1.35 bits per heavy atom. The van der Waals surface area contributed by atoms with Crippen LogP contribution in [0, 0.1) is 0 Å². The highest BCUT2D eigenvalue weighted by Gasteiger charge is 2.32. The lowest BCUT2D eigenvalue weighted by atomic mass is 10.2. The van der Waals surface area contributed by atoms with Crippen molar-refractivity contribution in [2.24, 2.45) is 0 Å². The number of fused-ring (bicyclic) bond motifs is 1. The fourth-order valence-electron chi connectivity index (χ4n) is 2.14. The molecule has 108 valence electrons. The SMILES string of the molecule is OCCN(c1nc2cc(C(F)(F)F)ccc2s1)C1CC1. The van der Waals surface area contributed by atoms with Crippen LogP contribution in [-0.4, -0.2) is 29.3 Å². The summed E-state index contributed by atoms with van der Waals surface area (Å²) >= 11 is 1.37. The number of alkyl halides is 3. The molecule has 0 atom stereocenters. The molecule has 0 spiro atoms. The number of anilines is 1. The molecule has 2 aromatic rings. The van der Waals surface area contributed by atoms with E-state index in [-0.39, 0.29) is 6.61 Å². The van der Waals surface area contributed by atoms with Crippen LogP contribution in [0.15, 0.2) is 18.2 Å². The average Bonchev–Trinajstić information content (AvgIpc) is 3.12. The Morgan fingerprint density at radius 3 is 2.70 bits per heavy atom. The molecule has 1 aromatic heterocycles. The zero-order valence-corrected chi connectivity index (χ0v) is 11.3.